The Morgan fingerprint density at radius 1 is 1.11 bits per heavy atom. The summed E-state index contributed by atoms with van der Waals surface area (Å²) in [6.45, 7) is 5.21. The fourth-order valence-electron chi connectivity index (χ4n) is 2.08. The van der Waals surface area contributed by atoms with Gasteiger partial charge in [0.2, 0.25) is 0 Å². The number of aromatic nitrogens is 2. The normalized spacial score (nSPS) is 10.8. The van der Waals surface area contributed by atoms with Crippen LogP contribution in [-0.2, 0) is 19.4 Å². The van der Waals surface area contributed by atoms with Crippen LogP contribution in [0.1, 0.15) is 30.8 Å². The molecule has 3 nitrogen and oxygen atoms in total. The van der Waals surface area contributed by atoms with Crippen LogP contribution in [0.4, 0.5) is 0 Å². The summed E-state index contributed by atoms with van der Waals surface area (Å²) in [5, 5.41) is 7.80. The van der Waals surface area contributed by atoms with Crippen LogP contribution >= 0.6 is 0 Å². The van der Waals surface area contributed by atoms with Gasteiger partial charge < -0.3 is 5.32 Å². The molecule has 1 aromatic carbocycles. The minimum absolute atomic E-state index is 0.903. The van der Waals surface area contributed by atoms with E-state index >= 15 is 0 Å². The first-order valence-electron chi connectivity index (χ1n) is 6.60. The van der Waals surface area contributed by atoms with Crippen molar-refractivity contribution in [1.82, 2.24) is 15.1 Å². The Hall–Kier alpha value is -1.61. The van der Waals surface area contributed by atoms with Gasteiger partial charge >= 0.3 is 0 Å². The third kappa shape index (κ3) is 2.62. The van der Waals surface area contributed by atoms with E-state index in [1.165, 1.54) is 11.3 Å². The zero-order valence-electron chi connectivity index (χ0n) is 11.4. The molecule has 0 saturated heterocycles. The summed E-state index contributed by atoms with van der Waals surface area (Å²) in [4.78, 5) is 0. The molecular weight excluding hydrogens is 222 g/mol. The third-order valence-electron chi connectivity index (χ3n) is 3.12. The van der Waals surface area contributed by atoms with Crippen LogP contribution in [-0.4, -0.2) is 16.8 Å². The maximum atomic E-state index is 4.65. The van der Waals surface area contributed by atoms with Gasteiger partial charge in [-0.3, -0.25) is 0 Å². The lowest BCUT2D eigenvalue weighted by Gasteiger charge is -2.07. The second-order valence-corrected chi connectivity index (χ2v) is 4.44. The van der Waals surface area contributed by atoms with Gasteiger partial charge in [0.15, 0.2) is 0 Å². The van der Waals surface area contributed by atoms with E-state index in [1.807, 2.05) is 7.05 Å². The summed E-state index contributed by atoms with van der Waals surface area (Å²) in [7, 11) is 1.96. The van der Waals surface area contributed by atoms with Crippen molar-refractivity contribution in [3.63, 3.8) is 0 Å². The molecule has 0 aliphatic carbocycles. The van der Waals surface area contributed by atoms with E-state index in [0.717, 1.165) is 30.8 Å². The van der Waals surface area contributed by atoms with Crippen molar-refractivity contribution in [2.45, 2.75) is 33.2 Å². The molecule has 0 saturated carbocycles. The van der Waals surface area contributed by atoms with E-state index in [9.17, 15) is 0 Å². The van der Waals surface area contributed by atoms with Crippen molar-refractivity contribution in [3.05, 3.63) is 47.3 Å². The molecule has 0 unspecified atom stereocenters. The van der Waals surface area contributed by atoms with E-state index in [-0.39, 0.29) is 0 Å². The lowest BCUT2D eigenvalue weighted by molar-refractivity contribution is 0.789. The smallest absolute Gasteiger partial charge is 0.0649 e. The largest absolute Gasteiger partial charge is 0.316 e. The standard InChI is InChI=1S/C15H21N3/c1-4-13-10-14(5-2)18(17-13)15-8-6-12(7-9-15)11-16-3/h6-10,16H,4-5,11H2,1-3H3. The maximum absolute atomic E-state index is 4.65. The summed E-state index contributed by atoms with van der Waals surface area (Å²) >= 11 is 0. The van der Waals surface area contributed by atoms with Gasteiger partial charge in [-0.15, -0.1) is 0 Å². The molecule has 1 aromatic heterocycles. The van der Waals surface area contributed by atoms with Crippen molar-refractivity contribution in [2.24, 2.45) is 0 Å². The molecule has 18 heavy (non-hydrogen) atoms. The minimum Gasteiger partial charge on any atom is -0.316 e. The summed E-state index contributed by atoms with van der Waals surface area (Å²) in [5.41, 5.74) is 4.87. The molecule has 0 atom stereocenters. The Morgan fingerprint density at radius 3 is 2.39 bits per heavy atom. The zero-order valence-corrected chi connectivity index (χ0v) is 11.4. The van der Waals surface area contributed by atoms with Crippen molar-refractivity contribution < 1.29 is 0 Å². The van der Waals surface area contributed by atoms with Gasteiger partial charge in [-0.1, -0.05) is 26.0 Å². The summed E-state index contributed by atoms with van der Waals surface area (Å²) in [6.07, 6.45) is 1.99. The highest BCUT2D eigenvalue weighted by Gasteiger charge is 2.06. The Labute approximate surface area is 109 Å². The first kappa shape index (κ1) is 12.8. The van der Waals surface area contributed by atoms with Gasteiger partial charge in [-0.2, -0.15) is 5.10 Å². The quantitative estimate of drug-likeness (QED) is 0.875. The Kier molecular flexibility index (Phi) is 4.15. The molecule has 2 aromatic rings. The number of hydrogen-bond acceptors (Lipinski definition) is 2. The molecule has 1 heterocycles. The maximum Gasteiger partial charge on any atom is 0.0649 e. The molecule has 2 rings (SSSR count). The van der Waals surface area contributed by atoms with Gasteiger partial charge in [-0.05, 0) is 43.7 Å². The highest BCUT2D eigenvalue weighted by Crippen LogP contribution is 2.15. The molecule has 96 valence electrons. The molecule has 0 amide bonds. The van der Waals surface area contributed by atoms with Crippen LogP contribution in [0.2, 0.25) is 0 Å². The van der Waals surface area contributed by atoms with E-state index in [2.05, 4.69) is 59.3 Å². The predicted octanol–water partition coefficient (Wildman–Crippen LogP) is 2.72. The molecule has 3 heteroatoms. The van der Waals surface area contributed by atoms with Crippen LogP contribution in [0.5, 0.6) is 0 Å². The van der Waals surface area contributed by atoms with Gasteiger partial charge in [-0.25, -0.2) is 4.68 Å². The number of aryl methyl sites for hydroxylation is 2. The SMILES string of the molecule is CCc1cc(CC)n(-c2ccc(CNC)cc2)n1. The number of nitrogens with zero attached hydrogens (tertiary/aromatic N) is 2. The van der Waals surface area contributed by atoms with Crippen molar-refractivity contribution in [1.29, 1.82) is 0 Å². The van der Waals surface area contributed by atoms with Crippen LogP contribution in [0.3, 0.4) is 0 Å². The van der Waals surface area contributed by atoms with Crippen molar-refractivity contribution in [2.75, 3.05) is 7.05 Å². The lowest BCUT2D eigenvalue weighted by atomic mass is 10.2. The Morgan fingerprint density at radius 2 is 1.83 bits per heavy atom. The molecule has 0 radical (unpaired) electrons. The van der Waals surface area contributed by atoms with Gasteiger partial charge in [0.25, 0.3) is 0 Å². The number of rotatable bonds is 5. The zero-order chi connectivity index (χ0) is 13.0. The first-order chi connectivity index (χ1) is 8.78. The van der Waals surface area contributed by atoms with E-state index in [1.54, 1.807) is 0 Å². The van der Waals surface area contributed by atoms with Gasteiger partial charge in [0.05, 0.1) is 11.4 Å². The predicted molar refractivity (Wildman–Crippen MR) is 75.1 cm³/mol. The number of benzene rings is 1. The first-order valence-corrected chi connectivity index (χ1v) is 6.60. The fourth-order valence-corrected chi connectivity index (χ4v) is 2.08. The Balaban J connectivity index is 2.32. The van der Waals surface area contributed by atoms with E-state index in [4.69, 9.17) is 0 Å². The van der Waals surface area contributed by atoms with Crippen molar-refractivity contribution in [3.8, 4) is 5.69 Å². The molecule has 0 aliphatic heterocycles. The van der Waals surface area contributed by atoms with Gasteiger partial charge in [0.1, 0.15) is 0 Å². The van der Waals surface area contributed by atoms with E-state index in [0.29, 0.717) is 0 Å². The lowest BCUT2D eigenvalue weighted by Crippen LogP contribution is -2.06. The highest BCUT2D eigenvalue weighted by atomic mass is 15.3. The second-order valence-electron chi connectivity index (χ2n) is 4.44. The monoisotopic (exact) mass is 243 g/mol. The fraction of sp³-hybridized carbons (Fsp3) is 0.400. The topological polar surface area (TPSA) is 29.9 Å². The van der Waals surface area contributed by atoms with Crippen LogP contribution in [0.25, 0.3) is 5.69 Å². The minimum atomic E-state index is 0.903. The molecule has 0 fully saturated rings. The number of nitrogens with one attached hydrogen (secondary N) is 1. The summed E-state index contributed by atoms with van der Waals surface area (Å²) in [6, 6.07) is 10.8. The molecular formula is C15H21N3. The highest BCUT2D eigenvalue weighted by molar-refractivity contribution is 5.36. The molecule has 0 bridgehead atoms. The second kappa shape index (κ2) is 5.83. The molecule has 0 spiro atoms. The van der Waals surface area contributed by atoms with E-state index < -0.39 is 0 Å². The molecule has 0 aliphatic rings. The average molecular weight is 243 g/mol. The van der Waals surface area contributed by atoms with Crippen LogP contribution < -0.4 is 5.32 Å². The summed E-state index contributed by atoms with van der Waals surface area (Å²) < 4.78 is 2.06. The summed E-state index contributed by atoms with van der Waals surface area (Å²) in [5.74, 6) is 0. The van der Waals surface area contributed by atoms with Crippen molar-refractivity contribution >= 4 is 0 Å². The van der Waals surface area contributed by atoms with Gasteiger partial charge in [0, 0.05) is 12.2 Å². The molecule has 1 N–H and O–H groups in total. The Bertz CT molecular complexity index is 497. The van der Waals surface area contributed by atoms with Crippen LogP contribution in [0.15, 0.2) is 30.3 Å². The average Bonchev–Trinajstić information content (AvgIpc) is 2.83. The van der Waals surface area contributed by atoms with Crippen LogP contribution in [0, 0.1) is 0 Å². The number of hydrogen-bond donors (Lipinski definition) is 1. The third-order valence-corrected chi connectivity index (χ3v) is 3.12.